The van der Waals surface area contributed by atoms with Crippen LogP contribution in [0.25, 0.3) is 0 Å². The first-order valence-electron chi connectivity index (χ1n) is 4.91. The average molecular weight is 199 g/mol. The Morgan fingerprint density at radius 3 is 2.33 bits per heavy atom. The molecular formula is C13H13NO. The molecule has 1 aromatic heterocycles. The largest absolute Gasteiger partial charge is 0.460 e. The number of nitrogens with zero attached hydrogens (tertiary/aromatic N) is 1. The molecule has 2 aromatic rings. The summed E-state index contributed by atoms with van der Waals surface area (Å²) in [5.74, 6) is 1.69. The molecule has 0 N–H and O–H groups in total. The third-order valence-corrected chi connectivity index (χ3v) is 2.14. The lowest BCUT2D eigenvalue weighted by Gasteiger charge is -1.93. The van der Waals surface area contributed by atoms with Crippen molar-refractivity contribution >= 4 is 11.9 Å². The fourth-order valence-electron chi connectivity index (χ4n) is 1.29. The monoisotopic (exact) mass is 199 g/mol. The van der Waals surface area contributed by atoms with Gasteiger partial charge in [-0.3, -0.25) is 4.99 Å². The second-order valence-electron chi connectivity index (χ2n) is 3.54. The fraction of sp³-hybridized carbons (Fsp3) is 0.154. The van der Waals surface area contributed by atoms with E-state index < -0.39 is 0 Å². The first kappa shape index (κ1) is 9.71. The van der Waals surface area contributed by atoms with Crippen LogP contribution in [0.2, 0.25) is 0 Å². The van der Waals surface area contributed by atoms with Gasteiger partial charge in [-0.25, -0.2) is 0 Å². The third kappa shape index (κ3) is 2.56. The summed E-state index contributed by atoms with van der Waals surface area (Å²) in [5, 5.41) is 0. The van der Waals surface area contributed by atoms with Gasteiger partial charge in [-0.1, -0.05) is 17.7 Å². The van der Waals surface area contributed by atoms with Gasteiger partial charge in [0.2, 0.25) is 0 Å². The van der Waals surface area contributed by atoms with E-state index in [9.17, 15) is 0 Å². The van der Waals surface area contributed by atoms with E-state index in [4.69, 9.17) is 4.42 Å². The van der Waals surface area contributed by atoms with Crippen molar-refractivity contribution in [3.05, 3.63) is 53.5 Å². The molecule has 0 bridgehead atoms. The van der Waals surface area contributed by atoms with Crippen molar-refractivity contribution in [2.75, 3.05) is 0 Å². The number of aryl methyl sites for hydroxylation is 2. The summed E-state index contributed by atoms with van der Waals surface area (Å²) in [6, 6.07) is 11.9. The highest BCUT2D eigenvalue weighted by Crippen LogP contribution is 2.13. The van der Waals surface area contributed by atoms with E-state index in [1.165, 1.54) is 5.56 Å². The molecule has 0 saturated carbocycles. The van der Waals surface area contributed by atoms with Crippen LogP contribution in [0.4, 0.5) is 5.69 Å². The summed E-state index contributed by atoms with van der Waals surface area (Å²) in [5.41, 5.74) is 2.18. The Morgan fingerprint density at radius 1 is 1.00 bits per heavy atom. The van der Waals surface area contributed by atoms with Crippen molar-refractivity contribution < 1.29 is 4.42 Å². The summed E-state index contributed by atoms with van der Waals surface area (Å²) < 4.78 is 5.38. The molecule has 0 aliphatic carbocycles. The molecule has 2 nitrogen and oxygen atoms in total. The lowest BCUT2D eigenvalue weighted by Crippen LogP contribution is -1.74. The molecule has 0 aliphatic rings. The molecule has 1 aromatic carbocycles. The van der Waals surface area contributed by atoms with Gasteiger partial charge in [0.25, 0.3) is 0 Å². The van der Waals surface area contributed by atoms with Crippen molar-refractivity contribution in [3.8, 4) is 0 Å². The van der Waals surface area contributed by atoms with Crippen molar-refractivity contribution in [1.82, 2.24) is 0 Å². The predicted molar refractivity (Wildman–Crippen MR) is 61.9 cm³/mol. The summed E-state index contributed by atoms with van der Waals surface area (Å²) in [4.78, 5) is 4.31. The Hall–Kier alpha value is -1.83. The van der Waals surface area contributed by atoms with Crippen LogP contribution in [0.1, 0.15) is 17.1 Å². The number of benzene rings is 1. The molecule has 0 aliphatic heterocycles. The average Bonchev–Trinajstić information content (AvgIpc) is 2.64. The summed E-state index contributed by atoms with van der Waals surface area (Å²) in [7, 11) is 0. The highest BCUT2D eigenvalue weighted by atomic mass is 16.3. The van der Waals surface area contributed by atoms with E-state index in [2.05, 4.69) is 11.9 Å². The van der Waals surface area contributed by atoms with Crippen molar-refractivity contribution in [2.45, 2.75) is 13.8 Å². The van der Waals surface area contributed by atoms with Gasteiger partial charge in [-0.2, -0.15) is 0 Å². The van der Waals surface area contributed by atoms with Gasteiger partial charge in [0.1, 0.15) is 11.5 Å². The number of hydrogen-bond donors (Lipinski definition) is 0. The van der Waals surface area contributed by atoms with Gasteiger partial charge in [0, 0.05) is 0 Å². The molecule has 76 valence electrons. The molecule has 2 heteroatoms. The Bertz CT molecular complexity index is 466. The number of rotatable bonds is 2. The zero-order valence-corrected chi connectivity index (χ0v) is 8.90. The van der Waals surface area contributed by atoms with E-state index in [1.54, 1.807) is 6.21 Å². The van der Waals surface area contributed by atoms with Crippen LogP contribution in [0.15, 0.2) is 45.8 Å². The van der Waals surface area contributed by atoms with Crippen LogP contribution >= 0.6 is 0 Å². The van der Waals surface area contributed by atoms with Gasteiger partial charge in [0.05, 0.1) is 11.9 Å². The maximum atomic E-state index is 5.38. The molecule has 2 rings (SSSR count). The lowest BCUT2D eigenvalue weighted by atomic mass is 10.2. The molecule has 15 heavy (non-hydrogen) atoms. The molecule has 1 heterocycles. The second kappa shape index (κ2) is 4.13. The van der Waals surface area contributed by atoms with Crippen molar-refractivity contribution in [2.24, 2.45) is 4.99 Å². The van der Waals surface area contributed by atoms with E-state index in [-0.39, 0.29) is 0 Å². The van der Waals surface area contributed by atoms with Gasteiger partial charge >= 0.3 is 0 Å². The summed E-state index contributed by atoms with van der Waals surface area (Å²) >= 11 is 0. The van der Waals surface area contributed by atoms with Gasteiger partial charge < -0.3 is 4.42 Å². The molecule has 0 fully saturated rings. The van der Waals surface area contributed by atoms with E-state index >= 15 is 0 Å². The number of aliphatic imine (C=N–C) groups is 1. The van der Waals surface area contributed by atoms with E-state index in [0.717, 1.165) is 17.2 Å². The van der Waals surface area contributed by atoms with Crippen molar-refractivity contribution in [3.63, 3.8) is 0 Å². The zero-order chi connectivity index (χ0) is 10.7. The first-order valence-corrected chi connectivity index (χ1v) is 4.91. The molecule has 0 amide bonds. The summed E-state index contributed by atoms with van der Waals surface area (Å²) in [6.45, 7) is 3.98. The molecule has 0 unspecified atom stereocenters. The van der Waals surface area contributed by atoms with Crippen LogP contribution in [-0.2, 0) is 0 Å². The maximum Gasteiger partial charge on any atom is 0.145 e. The molecule has 0 spiro atoms. The normalized spacial score (nSPS) is 11.1. The maximum absolute atomic E-state index is 5.38. The molecular weight excluding hydrogens is 186 g/mol. The van der Waals surface area contributed by atoms with Gasteiger partial charge in [-0.05, 0) is 38.1 Å². The van der Waals surface area contributed by atoms with Crippen LogP contribution in [0.3, 0.4) is 0 Å². The topological polar surface area (TPSA) is 25.5 Å². The minimum Gasteiger partial charge on any atom is -0.460 e. The Balaban J connectivity index is 2.14. The van der Waals surface area contributed by atoms with Crippen LogP contribution in [0, 0.1) is 13.8 Å². The molecule has 0 radical (unpaired) electrons. The first-order chi connectivity index (χ1) is 7.24. The Labute approximate surface area is 89.3 Å². The van der Waals surface area contributed by atoms with Crippen LogP contribution in [0.5, 0.6) is 0 Å². The third-order valence-electron chi connectivity index (χ3n) is 2.14. The van der Waals surface area contributed by atoms with Gasteiger partial charge in [0.15, 0.2) is 0 Å². The molecule has 0 saturated heterocycles. The Kier molecular flexibility index (Phi) is 2.68. The highest BCUT2D eigenvalue weighted by molar-refractivity contribution is 5.78. The van der Waals surface area contributed by atoms with E-state index in [0.29, 0.717) is 0 Å². The zero-order valence-electron chi connectivity index (χ0n) is 8.90. The van der Waals surface area contributed by atoms with Crippen LogP contribution in [-0.4, -0.2) is 6.21 Å². The minimum absolute atomic E-state index is 0.785. The van der Waals surface area contributed by atoms with E-state index in [1.807, 2.05) is 43.3 Å². The van der Waals surface area contributed by atoms with Crippen molar-refractivity contribution in [1.29, 1.82) is 0 Å². The minimum atomic E-state index is 0.785. The SMILES string of the molecule is Cc1ccc(N=Cc2ccc(C)o2)cc1. The number of hydrogen-bond acceptors (Lipinski definition) is 2. The smallest absolute Gasteiger partial charge is 0.145 e. The predicted octanol–water partition coefficient (Wildman–Crippen LogP) is 3.65. The highest BCUT2D eigenvalue weighted by Gasteiger charge is 1.93. The molecule has 0 atom stereocenters. The van der Waals surface area contributed by atoms with Crippen LogP contribution < -0.4 is 0 Å². The standard InChI is InChI=1S/C13H13NO/c1-10-3-6-12(7-4-10)14-9-13-8-5-11(2)15-13/h3-9H,1-2H3. The quantitative estimate of drug-likeness (QED) is 0.678. The Morgan fingerprint density at radius 2 is 1.73 bits per heavy atom. The fourth-order valence-corrected chi connectivity index (χ4v) is 1.29. The number of furan rings is 1. The summed E-state index contributed by atoms with van der Waals surface area (Å²) in [6.07, 6.45) is 1.73. The lowest BCUT2D eigenvalue weighted by molar-refractivity contribution is 0.528. The van der Waals surface area contributed by atoms with Gasteiger partial charge in [-0.15, -0.1) is 0 Å². The second-order valence-corrected chi connectivity index (χ2v) is 3.54.